The van der Waals surface area contributed by atoms with Crippen LogP contribution in [-0.4, -0.2) is 0 Å². The first kappa shape index (κ1) is 26.3. The largest absolute Gasteiger partial charge is 0.0654 e. The second-order valence-electron chi connectivity index (χ2n) is 11.9. The number of hydrogen-bond acceptors (Lipinski definition) is 0. The maximum Gasteiger partial charge on any atom is 0.0259 e. The fraction of sp³-hybridized carbons (Fsp3) is 0.514. The molecule has 5 rings (SSSR count). The van der Waals surface area contributed by atoms with Crippen molar-refractivity contribution >= 4 is 0 Å². The Morgan fingerprint density at radius 3 is 1.57 bits per heavy atom. The summed E-state index contributed by atoms with van der Waals surface area (Å²) in [5, 5.41) is 0. The average Bonchev–Trinajstić information content (AvgIpc) is 3.50. The van der Waals surface area contributed by atoms with Crippen LogP contribution in [-0.2, 0) is 18.3 Å². The van der Waals surface area contributed by atoms with Crippen LogP contribution in [0.2, 0.25) is 0 Å². The lowest BCUT2D eigenvalue weighted by molar-refractivity contribution is 0.390. The fourth-order valence-electron chi connectivity index (χ4n) is 8.00. The smallest absolute Gasteiger partial charge is 0.0259 e. The van der Waals surface area contributed by atoms with E-state index in [2.05, 4.69) is 86.6 Å². The first-order valence-corrected chi connectivity index (χ1v) is 15.6. The van der Waals surface area contributed by atoms with Gasteiger partial charge in [-0.15, -0.1) is 0 Å². The summed E-state index contributed by atoms with van der Waals surface area (Å²) in [7, 11) is 0. The summed E-state index contributed by atoms with van der Waals surface area (Å²) in [6, 6.07) is 28.7. The molecular weight excluding hydrogens is 444 g/mol. The van der Waals surface area contributed by atoms with Gasteiger partial charge in [-0.25, -0.2) is 0 Å². The Bertz CT molecular complexity index is 1060. The molecule has 0 nitrogen and oxygen atoms in total. The Labute approximate surface area is 226 Å². The third kappa shape index (κ3) is 5.32. The predicted octanol–water partition coefficient (Wildman–Crippen LogP) is 10.7. The van der Waals surface area contributed by atoms with Crippen LogP contribution in [0.1, 0.15) is 113 Å². The lowest BCUT2D eigenvalue weighted by atomic mass is 9.67. The molecule has 2 bridgehead atoms. The Kier molecular flexibility index (Phi) is 8.85. The number of aryl methyl sites for hydroxylation is 2. The second-order valence-corrected chi connectivity index (χ2v) is 11.9. The van der Waals surface area contributed by atoms with Gasteiger partial charge in [0.15, 0.2) is 0 Å². The predicted molar refractivity (Wildman–Crippen MR) is 160 cm³/mol. The third-order valence-corrected chi connectivity index (χ3v) is 9.75. The van der Waals surface area contributed by atoms with Gasteiger partial charge in [0.05, 0.1) is 0 Å². The average molecular weight is 493 g/mol. The monoisotopic (exact) mass is 492 g/mol. The zero-order chi connectivity index (χ0) is 25.5. The highest BCUT2D eigenvalue weighted by Crippen LogP contribution is 2.62. The molecule has 0 aliphatic heterocycles. The van der Waals surface area contributed by atoms with Crippen LogP contribution < -0.4 is 0 Å². The molecule has 0 heteroatoms. The molecule has 2 aliphatic rings. The molecule has 0 saturated heterocycles. The van der Waals surface area contributed by atoms with Crippen molar-refractivity contribution in [3.63, 3.8) is 0 Å². The van der Waals surface area contributed by atoms with E-state index in [0.717, 1.165) is 11.8 Å². The first-order chi connectivity index (χ1) is 18.3. The standard InChI is InChI=1S/C37H48/c1-3-5-7-10-15-29-17-14-18-30(16-11-8-6-4-2)36(29)31-21-23-33(24-22-31)37(32-19-12-9-13-20-32)34-25-26-35(37)28-27-34/h9,12-14,17-24,34-35H,3-8,10-11,15-16,25-28H2,1-2H3. The van der Waals surface area contributed by atoms with Crippen LogP contribution in [0, 0.1) is 11.8 Å². The van der Waals surface area contributed by atoms with Gasteiger partial charge in [0.2, 0.25) is 0 Å². The molecule has 2 fully saturated rings. The summed E-state index contributed by atoms with van der Waals surface area (Å²) < 4.78 is 0. The van der Waals surface area contributed by atoms with Crippen molar-refractivity contribution in [1.29, 1.82) is 0 Å². The van der Waals surface area contributed by atoms with Crippen molar-refractivity contribution in [2.75, 3.05) is 0 Å². The van der Waals surface area contributed by atoms with Crippen LogP contribution in [0.15, 0.2) is 72.8 Å². The van der Waals surface area contributed by atoms with E-state index in [1.807, 2.05) is 0 Å². The number of unbranched alkanes of at least 4 members (excludes halogenated alkanes) is 6. The van der Waals surface area contributed by atoms with Crippen molar-refractivity contribution in [3.05, 3.63) is 95.1 Å². The van der Waals surface area contributed by atoms with E-state index in [-0.39, 0.29) is 5.41 Å². The number of fused-ring (bicyclic) bond motifs is 2. The van der Waals surface area contributed by atoms with Gasteiger partial charge < -0.3 is 0 Å². The van der Waals surface area contributed by atoms with Crippen LogP contribution >= 0.6 is 0 Å². The molecule has 0 unspecified atom stereocenters. The van der Waals surface area contributed by atoms with Crippen LogP contribution in [0.3, 0.4) is 0 Å². The molecule has 0 atom stereocenters. The van der Waals surface area contributed by atoms with Crippen molar-refractivity contribution in [1.82, 2.24) is 0 Å². The molecule has 0 radical (unpaired) electrons. The fourth-order valence-corrected chi connectivity index (χ4v) is 8.00. The SMILES string of the molecule is CCCCCCc1cccc(CCCCCC)c1-c1ccc(C2(c3ccccc3)C3CCC2CC3)cc1. The molecule has 0 amide bonds. The van der Waals surface area contributed by atoms with E-state index >= 15 is 0 Å². The number of hydrogen-bond donors (Lipinski definition) is 0. The molecule has 0 N–H and O–H groups in total. The number of benzene rings is 3. The van der Waals surface area contributed by atoms with Gasteiger partial charge in [-0.05, 0) is 96.6 Å². The Morgan fingerprint density at radius 2 is 1.05 bits per heavy atom. The van der Waals surface area contributed by atoms with E-state index in [4.69, 9.17) is 0 Å². The normalized spacial score (nSPS) is 22.5. The Hall–Kier alpha value is -2.34. The molecule has 3 aromatic rings. The molecule has 2 saturated carbocycles. The molecule has 3 aromatic carbocycles. The van der Waals surface area contributed by atoms with Gasteiger partial charge in [0.1, 0.15) is 0 Å². The summed E-state index contributed by atoms with van der Waals surface area (Å²) in [4.78, 5) is 0. The lowest BCUT2D eigenvalue weighted by Crippen LogP contribution is -2.33. The van der Waals surface area contributed by atoms with Gasteiger partial charge >= 0.3 is 0 Å². The molecular formula is C37H48. The Balaban J connectivity index is 1.48. The number of rotatable bonds is 13. The van der Waals surface area contributed by atoms with Gasteiger partial charge in [0, 0.05) is 5.41 Å². The summed E-state index contributed by atoms with van der Waals surface area (Å²) in [6.07, 6.45) is 18.6. The maximum atomic E-state index is 2.52. The second kappa shape index (κ2) is 12.5. The molecule has 2 aliphatic carbocycles. The van der Waals surface area contributed by atoms with E-state index < -0.39 is 0 Å². The van der Waals surface area contributed by atoms with Gasteiger partial charge in [0.25, 0.3) is 0 Å². The van der Waals surface area contributed by atoms with Crippen LogP contribution in [0.25, 0.3) is 11.1 Å². The van der Waals surface area contributed by atoms with Crippen LogP contribution in [0.4, 0.5) is 0 Å². The quantitative estimate of drug-likeness (QED) is 0.208. The minimum atomic E-state index is 0.225. The highest BCUT2D eigenvalue weighted by atomic mass is 14.6. The zero-order valence-corrected chi connectivity index (χ0v) is 23.5. The Morgan fingerprint density at radius 1 is 0.541 bits per heavy atom. The van der Waals surface area contributed by atoms with Gasteiger partial charge in [-0.1, -0.05) is 125 Å². The van der Waals surface area contributed by atoms with E-state index in [1.165, 1.54) is 95.5 Å². The summed E-state index contributed by atoms with van der Waals surface area (Å²) >= 11 is 0. The minimum absolute atomic E-state index is 0.225. The van der Waals surface area contributed by atoms with Gasteiger partial charge in [-0.3, -0.25) is 0 Å². The van der Waals surface area contributed by atoms with Crippen molar-refractivity contribution < 1.29 is 0 Å². The summed E-state index contributed by atoms with van der Waals surface area (Å²) in [5.74, 6) is 1.59. The highest BCUT2D eigenvalue weighted by molar-refractivity contribution is 5.72. The van der Waals surface area contributed by atoms with Crippen LogP contribution in [0.5, 0.6) is 0 Å². The highest BCUT2D eigenvalue weighted by Gasteiger charge is 2.55. The topological polar surface area (TPSA) is 0 Å². The van der Waals surface area contributed by atoms with Crippen molar-refractivity contribution in [2.24, 2.45) is 11.8 Å². The molecule has 0 heterocycles. The van der Waals surface area contributed by atoms with E-state index in [9.17, 15) is 0 Å². The summed E-state index contributed by atoms with van der Waals surface area (Å²) in [5.41, 5.74) is 9.46. The molecule has 0 aromatic heterocycles. The summed E-state index contributed by atoms with van der Waals surface area (Å²) in [6.45, 7) is 4.62. The van der Waals surface area contributed by atoms with Crippen molar-refractivity contribution in [3.8, 4) is 11.1 Å². The first-order valence-electron chi connectivity index (χ1n) is 15.6. The maximum absolute atomic E-state index is 2.52. The van der Waals surface area contributed by atoms with Gasteiger partial charge in [-0.2, -0.15) is 0 Å². The lowest BCUT2D eigenvalue weighted by Gasteiger charge is -2.36. The zero-order valence-electron chi connectivity index (χ0n) is 23.5. The minimum Gasteiger partial charge on any atom is -0.0654 e. The third-order valence-electron chi connectivity index (χ3n) is 9.75. The molecule has 37 heavy (non-hydrogen) atoms. The van der Waals surface area contributed by atoms with Crippen molar-refractivity contribution in [2.45, 2.75) is 109 Å². The van der Waals surface area contributed by atoms with E-state index in [0.29, 0.717) is 0 Å². The molecule has 196 valence electrons. The molecule has 0 spiro atoms. The van der Waals surface area contributed by atoms with E-state index in [1.54, 1.807) is 27.8 Å².